The van der Waals surface area contributed by atoms with Crippen molar-refractivity contribution in [1.29, 1.82) is 0 Å². The summed E-state index contributed by atoms with van der Waals surface area (Å²) >= 11 is 6.09. The van der Waals surface area contributed by atoms with E-state index in [0.29, 0.717) is 17.3 Å². The van der Waals surface area contributed by atoms with Gasteiger partial charge in [0.2, 0.25) is 0 Å². The first-order chi connectivity index (χ1) is 9.47. The van der Waals surface area contributed by atoms with Gasteiger partial charge in [-0.25, -0.2) is 0 Å². The molecule has 0 atom stereocenters. The predicted molar refractivity (Wildman–Crippen MR) is 79.1 cm³/mol. The van der Waals surface area contributed by atoms with Gasteiger partial charge in [0.1, 0.15) is 0 Å². The normalized spacial score (nSPS) is 10.3. The van der Waals surface area contributed by atoms with E-state index >= 15 is 0 Å². The summed E-state index contributed by atoms with van der Waals surface area (Å²) in [6, 6.07) is 8.62. The Kier molecular flexibility index (Phi) is 4.20. The van der Waals surface area contributed by atoms with Crippen molar-refractivity contribution in [1.82, 2.24) is 4.98 Å². The van der Waals surface area contributed by atoms with Crippen LogP contribution in [0.2, 0.25) is 5.02 Å². The number of benzene rings is 1. The van der Waals surface area contributed by atoms with Gasteiger partial charge >= 0.3 is 0 Å². The largest absolute Gasteiger partial charge is 0.378 e. The molecule has 20 heavy (non-hydrogen) atoms. The Morgan fingerprint density at radius 2 is 2.10 bits per heavy atom. The molecule has 0 aliphatic heterocycles. The van der Waals surface area contributed by atoms with Crippen molar-refractivity contribution in [3.8, 4) is 0 Å². The summed E-state index contributed by atoms with van der Waals surface area (Å²) in [6.07, 6.45) is 0. The third kappa shape index (κ3) is 3.24. The van der Waals surface area contributed by atoms with Crippen LogP contribution in [0.25, 0.3) is 0 Å². The fourth-order valence-corrected chi connectivity index (χ4v) is 2.26. The third-order valence-corrected chi connectivity index (χ3v) is 3.17. The highest BCUT2D eigenvalue weighted by atomic mass is 35.5. The van der Waals surface area contributed by atoms with Gasteiger partial charge in [-0.2, -0.15) is 0 Å². The second kappa shape index (κ2) is 5.88. The summed E-state index contributed by atoms with van der Waals surface area (Å²) < 4.78 is 0. The van der Waals surface area contributed by atoms with Crippen LogP contribution in [0, 0.1) is 24.0 Å². The van der Waals surface area contributed by atoms with Crippen LogP contribution < -0.4 is 5.32 Å². The van der Waals surface area contributed by atoms with Gasteiger partial charge < -0.3 is 5.32 Å². The average Bonchev–Trinajstić information content (AvgIpc) is 2.37. The molecule has 2 aromatic rings. The number of nitrogens with zero attached hydrogens (tertiary/aromatic N) is 2. The van der Waals surface area contributed by atoms with Gasteiger partial charge in [0.25, 0.3) is 5.69 Å². The molecule has 0 aliphatic rings. The summed E-state index contributed by atoms with van der Waals surface area (Å²) in [5, 5.41) is 14.3. The minimum Gasteiger partial charge on any atom is -0.378 e. The molecule has 0 saturated heterocycles. The molecule has 1 aromatic carbocycles. The minimum atomic E-state index is -0.454. The first-order valence-electron chi connectivity index (χ1n) is 6.08. The molecule has 1 heterocycles. The summed E-state index contributed by atoms with van der Waals surface area (Å²) in [5.41, 5.74) is 3.25. The predicted octanol–water partition coefficient (Wildman–Crippen LogP) is 3.87. The van der Waals surface area contributed by atoms with E-state index in [4.69, 9.17) is 11.6 Å². The first-order valence-corrected chi connectivity index (χ1v) is 6.46. The average molecular weight is 292 g/mol. The number of pyridine rings is 1. The highest BCUT2D eigenvalue weighted by molar-refractivity contribution is 6.33. The molecule has 0 radical (unpaired) electrons. The van der Waals surface area contributed by atoms with Crippen LogP contribution in [0.1, 0.15) is 17.0 Å². The molecular formula is C14H14ClN3O2. The molecule has 5 nitrogen and oxygen atoms in total. The zero-order valence-electron chi connectivity index (χ0n) is 11.2. The zero-order chi connectivity index (χ0) is 14.7. The number of nitrogens with one attached hydrogen (secondary N) is 1. The molecule has 2 rings (SSSR count). The number of halogens is 1. The number of aromatic nitrogens is 1. The number of nitro benzene ring substituents is 1. The van der Waals surface area contributed by atoms with Gasteiger partial charge in [0.15, 0.2) is 0 Å². The van der Waals surface area contributed by atoms with Crippen molar-refractivity contribution in [2.24, 2.45) is 0 Å². The van der Waals surface area contributed by atoms with Crippen molar-refractivity contribution < 1.29 is 4.92 Å². The molecule has 0 bridgehead atoms. The van der Waals surface area contributed by atoms with Crippen LogP contribution in [0.4, 0.5) is 11.4 Å². The molecule has 0 fully saturated rings. The molecule has 0 saturated carbocycles. The standard InChI is InChI=1S/C14H14ClN3O2/c1-9-6-12(18(19)20)7-13(15)14(9)16-8-11-5-3-4-10(2)17-11/h3-7,16H,8H2,1-2H3. The fraction of sp³-hybridized carbons (Fsp3) is 0.214. The number of nitro groups is 1. The molecule has 104 valence electrons. The Hall–Kier alpha value is -2.14. The van der Waals surface area contributed by atoms with E-state index in [2.05, 4.69) is 10.3 Å². The Balaban J connectivity index is 2.20. The van der Waals surface area contributed by atoms with Gasteiger partial charge in [-0.1, -0.05) is 17.7 Å². The lowest BCUT2D eigenvalue weighted by Crippen LogP contribution is -2.04. The van der Waals surface area contributed by atoms with Crippen molar-refractivity contribution in [2.75, 3.05) is 5.32 Å². The minimum absolute atomic E-state index is 0.00766. The smallest absolute Gasteiger partial charge is 0.271 e. The molecule has 1 N–H and O–H groups in total. The van der Waals surface area contributed by atoms with Crippen molar-refractivity contribution in [3.05, 3.63) is 62.4 Å². The zero-order valence-corrected chi connectivity index (χ0v) is 11.9. The molecular weight excluding hydrogens is 278 g/mol. The molecule has 0 unspecified atom stereocenters. The fourth-order valence-electron chi connectivity index (χ4n) is 1.93. The first kappa shape index (κ1) is 14.3. The van der Waals surface area contributed by atoms with Gasteiger partial charge in [-0.15, -0.1) is 0 Å². The highest BCUT2D eigenvalue weighted by Crippen LogP contribution is 2.31. The van der Waals surface area contributed by atoms with Crippen molar-refractivity contribution in [3.63, 3.8) is 0 Å². The Labute approximate surface area is 121 Å². The van der Waals surface area contributed by atoms with Crippen molar-refractivity contribution in [2.45, 2.75) is 20.4 Å². The second-order valence-electron chi connectivity index (χ2n) is 4.50. The number of rotatable bonds is 4. The Morgan fingerprint density at radius 3 is 2.70 bits per heavy atom. The number of non-ortho nitro benzene ring substituents is 1. The van der Waals surface area contributed by atoms with E-state index in [0.717, 1.165) is 17.0 Å². The van der Waals surface area contributed by atoms with E-state index in [1.807, 2.05) is 25.1 Å². The maximum atomic E-state index is 10.8. The lowest BCUT2D eigenvalue weighted by molar-refractivity contribution is -0.384. The van der Waals surface area contributed by atoms with Crippen LogP contribution in [0.3, 0.4) is 0 Å². The molecule has 0 amide bonds. The molecule has 1 aromatic heterocycles. The molecule has 0 spiro atoms. The van der Waals surface area contributed by atoms with Crippen LogP contribution in [0.5, 0.6) is 0 Å². The summed E-state index contributed by atoms with van der Waals surface area (Å²) in [4.78, 5) is 14.7. The SMILES string of the molecule is Cc1cccc(CNc2c(C)cc([N+](=O)[O-])cc2Cl)n1. The van der Waals surface area contributed by atoms with E-state index in [-0.39, 0.29) is 5.69 Å². The van der Waals surface area contributed by atoms with Crippen LogP contribution in [-0.2, 0) is 6.54 Å². The molecule has 0 aliphatic carbocycles. The topological polar surface area (TPSA) is 68.1 Å². The van der Waals surface area contributed by atoms with Crippen LogP contribution in [0.15, 0.2) is 30.3 Å². The number of hydrogen-bond acceptors (Lipinski definition) is 4. The third-order valence-electron chi connectivity index (χ3n) is 2.88. The van der Waals surface area contributed by atoms with Gasteiger partial charge in [0, 0.05) is 17.8 Å². The second-order valence-corrected chi connectivity index (χ2v) is 4.91. The molecule has 6 heteroatoms. The van der Waals surface area contributed by atoms with E-state index in [9.17, 15) is 10.1 Å². The van der Waals surface area contributed by atoms with E-state index in [1.54, 1.807) is 6.92 Å². The van der Waals surface area contributed by atoms with E-state index in [1.165, 1.54) is 12.1 Å². The van der Waals surface area contributed by atoms with Crippen LogP contribution >= 0.6 is 11.6 Å². The van der Waals surface area contributed by atoms with Crippen LogP contribution in [-0.4, -0.2) is 9.91 Å². The van der Waals surface area contributed by atoms with E-state index < -0.39 is 4.92 Å². The Bertz CT molecular complexity index is 636. The Morgan fingerprint density at radius 1 is 1.35 bits per heavy atom. The highest BCUT2D eigenvalue weighted by Gasteiger charge is 2.13. The quantitative estimate of drug-likeness (QED) is 0.686. The summed E-state index contributed by atoms with van der Waals surface area (Å²) in [6.45, 7) is 4.22. The lowest BCUT2D eigenvalue weighted by Gasteiger charge is -2.11. The number of aryl methyl sites for hydroxylation is 2. The maximum absolute atomic E-state index is 10.8. The summed E-state index contributed by atoms with van der Waals surface area (Å²) in [7, 11) is 0. The summed E-state index contributed by atoms with van der Waals surface area (Å²) in [5.74, 6) is 0. The lowest BCUT2D eigenvalue weighted by atomic mass is 10.1. The monoisotopic (exact) mass is 291 g/mol. The number of anilines is 1. The maximum Gasteiger partial charge on any atom is 0.271 e. The van der Waals surface area contributed by atoms with Gasteiger partial charge in [-0.05, 0) is 31.5 Å². The van der Waals surface area contributed by atoms with Gasteiger partial charge in [-0.3, -0.25) is 15.1 Å². The van der Waals surface area contributed by atoms with Crippen molar-refractivity contribution >= 4 is 23.0 Å². The number of hydrogen-bond donors (Lipinski definition) is 1. The van der Waals surface area contributed by atoms with Gasteiger partial charge in [0.05, 0.1) is 27.9 Å².